The molecule has 2 aromatic heterocycles. The van der Waals surface area contributed by atoms with Crippen molar-refractivity contribution in [1.82, 2.24) is 9.38 Å². The molecule has 25 heavy (non-hydrogen) atoms. The number of amides is 1. The van der Waals surface area contributed by atoms with Crippen LogP contribution in [0.3, 0.4) is 0 Å². The fraction of sp³-hybridized carbons (Fsp3) is 0.263. The van der Waals surface area contributed by atoms with Gasteiger partial charge in [-0.2, -0.15) is 0 Å². The van der Waals surface area contributed by atoms with Crippen molar-refractivity contribution in [3.05, 3.63) is 52.9 Å². The molecule has 0 fully saturated rings. The molecule has 1 N–H and O–H groups in total. The predicted octanol–water partition coefficient (Wildman–Crippen LogP) is 5.28. The van der Waals surface area contributed by atoms with Gasteiger partial charge in [-0.3, -0.25) is 9.20 Å². The number of fused-ring (bicyclic) bond motifs is 1. The molecule has 0 aliphatic rings. The van der Waals surface area contributed by atoms with Crippen LogP contribution in [-0.2, 0) is 4.79 Å². The van der Waals surface area contributed by atoms with Crippen molar-refractivity contribution in [3.63, 3.8) is 0 Å². The predicted molar refractivity (Wildman–Crippen MR) is 101 cm³/mol. The number of benzene rings is 1. The Labute approximate surface area is 154 Å². The second-order valence-electron chi connectivity index (χ2n) is 7.18. The summed E-state index contributed by atoms with van der Waals surface area (Å²) >= 11 is 3.45. The lowest BCUT2D eigenvalue weighted by molar-refractivity contribution is -0.117. The summed E-state index contributed by atoms with van der Waals surface area (Å²) in [4.78, 5) is 16.9. The molecule has 3 aromatic rings. The minimum atomic E-state index is -0.308. The van der Waals surface area contributed by atoms with E-state index in [2.05, 4.69) is 26.2 Å². The van der Waals surface area contributed by atoms with Gasteiger partial charge in [-0.25, -0.2) is 9.37 Å². The van der Waals surface area contributed by atoms with Gasteiger partial charge in [0.1, 0.15) is 11.5 Å². The number of anilines is 1. The summed E-state index contributed by atoms with van der Waals surface area (Å²) in [7, 11) is 0. The molecule has 0 radical (unpaired) electrons. The first-order valence-electron chi connectivity index (χ1n) is 7.96. The summed E-state index contributed by atoms with van der Waals surface area (Å²) in [5.74, 6) is 0.0642. The summed E-state index contributed by atoms with van der Waals surface area (Å²) < 4.78 is 16.1. The van der Waals surface area contributed by atoms with Gasteiger partial charge in [0.2, 0.25) is 5.91 Å². The summed E-state index contributed by atoms with van der Waals surface area (Å²) in [6.07, 6.45) is 2.26. The molecule has 0 saturated carbocycles. The maximum atomic E-state index is 13.3. The summed E-state index contributed by atoms with van der Waals surface area (Å²) in [6, 6.07) is 9.90. The van der Waals surface area contributed by atoms with Crippen molar-refractivity contribution in [1.29, 1.82) is 0 Å². The van der Waals surface area contributed by atoms with Crippen LogP contribution in [0.2, 0.25) is 0 Å². The Kier molecular flexibility index (Phi) is 4.64. The third-order valence-electron chi connectivity index (χ3n) is 3.65. The van der Waals surface area contributed by atoms with Crippen LogP contribution in [0.5, 0.6) is 0 Å². The molecule has 1 amide bonds. The number of imidazole rings is 1. The molecule has 0 atom stereocenters. The normalized spacial score (nSPS) is 11.7. The minimum Gasteiger partial charge on any atom is -0.309 e. The highest BCUT2D eigenvalue weighted by Gasteiger charge is 2.20. The van der Waals surface area contributed by atoms with Crippen LogP contribution in [0.4, 0.5) is 10.2 Å². The summed E-state index contributed by atoms with van der Waals surface area (Å²) in [6.45, 7) is 6.02. The minimum absolute atomic E-state index is 0.0988. The van der Waals surface area contributed by atoms with Gasteiger partial charge in [0, 0.05) is 22.7 Å². The van der Waals surface area contributed by atoms with E-state index in [1.807, 2.05) is 43.5 Å². The average Bonchev–Trinajstić information content (AvgIpc) is 2.83. The van der Waals surface area contributed by atoms with Crippen molar-refractivity contribution >= 4 is 33.3 Å². The molecule has 0 spiro atoms. The number of hydrogen-bond donors (Lipinski definition) is 1. The zero-order valence-electron chi connectivity index (χ0n) is 14.3. The largest absolute Gasteiger partial charge is 0.309 e. The molecule has 1 aromatic carbocycles. The van der Waals surface area contributed by atoms with Crippen molar-refractivity contribution in [2.24, 2.45) is 5.41 Å². The number of halogens is 2. The Morgan fingerprint density at radius 1 is 1.20 bits per heavy atom. The van der Waals surface area contributed by atoms with Crippen LogP contribution in [-0.4, -0.2) is 15.3 Å². The maximum Gasteiger partial charge on any atom is 0.226 e. The van der Waals surface area contributed by atoms with E-state index in [-0.39, 0.29) is 17.1 Å². The van der Waals surface area contributed by atoms with Gasteiger partial charge < -0.3 is 5.32 Å². The fourth-order valence-corrected chi connectivity index (χ4v) is 2.98. The highest BCUT2D eigenvalue weighted by Crippen LogP contribution is 2.31. The number of aromatic nitrogens is 2. The molecule has 0 aliphatic carbocycles. The Bertz CT molecular complexity index is 926. The first kappa shape index (κ1) is 17.6. The van der Waals surface area contributed by atoms with E-state index >= 15 is 0 Å². The van der Waals surface area contributed by atoms with Gasteiger partial charge in [0.05, 0.1) is 5.69 Å². The molecule has 0 bridgehead atoms. The van der Waals surface area contributed by atoms with Gasteiger partial charge in [-0.1, -0.05) is 20.8 Å². The summed E-state index contributed by atoms with van der Waals surface area (Å²) in [5.41, 5.74) is 2.08. The number of nitrogens with zero attached hydrogens (tertiary/aromatic N) is 2. The van der Waals surface area contributed by atoms with E-state index in [0.717, 1.165) is 15.7 Å². The molecular weight excluding hydrogens is 385 g/mol. The van der Waals surface area contributed by atoms with E-state index in [0.29, 0.717) is 17.9 Å². The van der Waals surface area contributed by atoms with Crippen LogP contribution >= 0.6 is 15.9 Å². The van der Waals surface area contributed by atoms with E-state index in [1.165, 1.54) is 12.1 Å². The Balaban J connectivity index is 2.09. The second-order valence-corrected chi connectivity index (χ2v) is 8.09. The van der Waals surface area contributed by atoms with Gasteiger partial charge in [-0.15, -0.1) is 0 Å². The van der Waals surface area contributed by atoms with E-state index in [4.69, 9.17) is 0 Å². The highest BCUT2D eigenvalue weighted by molar-refractivity contribution is 9.10. The quantitative estimate of drug-likeness (QED) is 0.646. The van der Waals surface area contributed by atoms with Gasteiger partial charge in [-0.05, 0) is 57.7 Å². The van der Waals surface area contributed by atoms with E-state index < -0.39 is 0 Å². The fourth-order valence-electron chi connectivity index (χ4n) is 2.65. The first-order chi connectivity index (χ1) is 11.7. The van der Waals surface area contributed by atoms with Crippen molar-refractivity contribution in [3.8, 4) is 11.3 Å². The number of pyridine rings is 1. The van der Waals surface area contributed by atoms with Crippen LogP contribution in [0.25, 0.3) is 16.9 Å². The first-order valence-corrected chi connectivity index (χ1v) is 8.76. The third kappa shape index (κ3) is 4.07. The Morgan fingerprint density at radius 3 is 2.52 bits per heavy atom. The Morgan fingerprint density at radius 2 is 1.88 bits per heavy atom. The number of nitrogens with one attached hydrogen (secondary N) is 1. The molecule has 3 rings (SSSR count). The average molecular weight is 404 g/mol. The summed E-state index contributed by atoms with van der Waals surface area (Å²) in [5, 5.41) is 2.91. The van der Waals surface area contributed by atoms with E-state index in [1.54, 1.807) is 12.1 Å². The maximum absolute atomic E-state index is 13.3. The van der Waals surface area contributed by atoms with Crippen molar-refractivity contribution in [2.45, 2.75) is 27.2 Å². The van der Waals surface area contributed by atoms with Crippen LogP contribution < -0.4 is 5.32 Å². The Hall–Kier alpha value is -2.21. The molecular formula is C19H19BrFN3O. The number of carbonyl (C=O) groups is 1. The zero-order valence-corrected chi connectivity index (χ0v) is 15.9. The van der Waals surface area contributed by atoms with Gasteiger partial charge >= 0.3 is 0 Å². The number of hydrogen-bond acceptors (Lipinski definition) is 2. The SMILES string of the molecule is CC(C)(C)CC(=O)Nc1nc2ccc(Br)cn2c1-c1ccc(F)cc1. The zero-order chi connectivity index (χ0) is 18.2. The number of carbonyl (C=O) groups excluding carboxylic acids is 1. The number of rotatable bonds is 3. The third-order valence-corrected chi connectivity index (χ3v) is 4.12. The lowest BCUT2D eigenvalue weighted by Crippen LogP contribution is -2.20. The topological polar surface area (TPSA) is 46.4 Å². The smallest absolute Gasteiger partial charge is 0.226 e. The lowest BCUT2D eigenvalue weighted by Gasteiger charge is -2.17. The molecule has 0 aliphatic heterocycles. The molecule has 4 nitrogen and oxygen atoms in total. The van der Waals surface area contributed by atoms with Gasteiger partial charge in [0.25, 0.3) is 0 Å². The monoisotopic (exact) mass is 403 g/mol. The molecule has 0 unspecified atom stereocenters. The molecule has 130 valence electrons. The van der Waals surface area contributed by atoms with E-state index in [9.17, 15) is 9.18 Å². The molecule has 2 heterocycles. The van der Waals surface area contributed by atoms with Crippen molar-refractivity contribution < 1.29 is 9.18 Å². The highest BCUT2D eigenvalue weighted by atomic mass is 79.9. The van der Waals surface area contributed by atoms with Crippen LogP contribution in [0.15, 0.2) is 47.1 Å². The van der Waals surface area contributed by atoms with Gasteiger partial charge in [0.15, 0.2) is 5.82 Å². The van der Waals surface area contributed by atoms with Crippen LogP contribution in [0.1, 0.15) is 27.2 Å². The van der Waals surface area contributed by atoms with Crippen molar-refractivity contribution in [2.75, 3.05) is 5.32 Å². The standard InChI is InChI=1S/C19H19BrFN3O/c1-19(2,3)10-16(25)23-18-17(12-4-7-14(21)8-5-12)24-11-13(20)6-9-15(24)22-18/h4-9,11H,10H2,1-3H3,(H,23,25). The lowest BCUT2D eigenvalue weighted by atomic mass is 9.92. The van der Waals surface area contributed by atoms with Crippen LogP contribution in [0, 0.1) is 11.2 Å². The second kappa shape index (κ2) is 6.59. The molecule has 0 saturated heterocycles. The molecule has 6 heteroatoms.